The first-order valence-corrected chi connectivity index (χ1v) is 12.7. The van der Waals surface area contributed by atoms with Gasteiger partial charge in [-0.15, -0.1) is 0 Å². The number of nitrogens with one attached hydrogen (secondary N) is 2. The van der Waals surface area contributed by atoms with Crippen molar-refractivity contribution in [1.29, 1.82) is 0 Å². The minimum atomic E-state index is -5.07. The Kier molecular flexibility index (Phi) is 9.09. The third-order valence-electron chi connectivity index (χ3n) is 5.95. The number of aryl methyl sites for hydroxylation is 1. The molecule has 0 saturated carbocycles. The van der Waals surface area contributed by atoms with E-state index in [1.54, 1.807) is 17.7 Å². The fourth-order valence-corrected chi connectivity index (χ4v) is 3.90. The molecule has 0 saturated heterocycles. The monoisotopic (exact) mass is 583 g/mol. The van der Waals surface area contributed by atoms with E-state index in [2.05, 4.69) is 15.7 Å². The van der Waals surface area contributed by atoms with Gasteiger partial charge in [-0.1, -0.05) is 39.8 Å². The third kappa shape index (κ3) is 8.24. The molecule has 3 rings (SSSR count). The van der Waals surface area contributed by atoms with Crippen LogP contribution in [0.3, 0.4) is 0 Å². The smallest absolute Gasteiger partial charge is 0.315 e. The summed E-state index contributed by atoms with van der Waals surface area (Å²) in [7, 11) is 0. The number of amides is 3. The highest BCUT2D eigenvalue weighted by Crippen LogP contribution is 2.37. The molecule has 0 unspecified atom stereocenters. The summed E-state index contributed by atoms with van der Waals surface area (Å²) in [5.74, 6) is -0.307. The molecule has 0 fully saturated rings. The van der Waals surface area contributed by atoms with Crippen molar-refractivity contribution >= 4 is 23.4 Å². The zero-order chi connectivity index (χ0) is 30.8. The number of anilines is 2. The van der Waals surface area contributed by atoms with E-state index in [0.717, 1.165) is 10.5 Å². The van der Waals surface area contributed by atoms with Gasteiger partial charge in [0, 0.05) is 23.7 Å². The molecule has 2 N–H and O–H groups in total. The van der Waals surface area contributed by atoms with E-state index in [1.807, 2.05) is 52.0 Å². The molecule has 0 bridgehead atoms. The molecule has 1 heterocycles. The van der Waals surface area contributed by atoms with Crippen LogP contribution in [0.2, 0.25) is 0 Å². The maximum absolute atomic E-state index is 13.2. The van der Waals surface area contributed by atoms with E-state index < -0.39 is 47.6 Å². The number of alkyl halides is 6. The van der Waals surface area contributed by atoms with Crippen molar-refractivity contribution in [3.63, 3.8) is 0 Å². The standard InChI is InChI=1S/C28H31F6N5O2/c1-6-10-38(25(41)35-20-13-18(27(29,30)31)12-19(14-20)28(32,33)34)16-24(40)36-23-15-22(26(3,4)5)37-39(23)21-9-7-8-17(2)11-21/h7-9,11-15H,6,10,16H2,1-5H3,(H,35,41)(H,36,40). The van der Waals surface area contributed by atoms with Crippen LogP contribution in [0.1, 0.15) is 56.5 Å². The second-order valence-electron chi connectivity index (χ2n) is 10.6. The minimum absolute atomic E-state index is 0.00866. The highest BCUT2D eigenvalue weighted by atomic mass is 19.4. The number of hydrogen-bond donors (Lipinski definition) is 2. The number of benzene rings is 2. The van der Waals surface area contributed by atoms with Crippen molar-refractivity contribution in [3.8, 4) is 5.69 Å². The van der Waals surface area contributed by atoms with Gasteiger partial charge in [0.2, 0.25) is 5.91 Å². The van der Waals surface area contributed by atoms with Gasteiger partial charge in [-0.25, -0.2) is 9.48 Å². The molecular formula is C28H31F6N5O2. The Morgan fingerprint density at radius 2 is 1.51 bits per heavy atom. The van der Waals surface area contributed by atoms with E-state index in [1.165, 1.54) is 0 Å². The lowest BCUT2D eigenvalue weighted by molar-refractivity contribution is -0.143. The Morgan fingerprint density at radius 1 is 0.902 bits per heavy atom. The molecule has 1 aromatic heterocycles. The number of aromatic nitrogens is 2. The topological polar surface area (TPSA) is 79.3 Å². The molecule has 13 heteroatoms. The maximum Gasteiger partial charge on any atom is 0.416 e. The van der Waals surface area contributed by atoms with Crippen LogP contribution in [-0.4, -0.2) is 39.7 Å². The molecule has 0 spiro atoms. The first-order chi connectivity index (χ1) is 18.9. The minimum Gasteiger partial charge on any atom is -0.315 e. The molecule has 2 aromatic carbocycles. The molecule has 41 heavy (non-hydrogen) atoms. The third-order valence-corrected chi connectivity index (χ3v) is 5.95. The van der Waals surface area contributed by atoms with Gasteiger partial charge in [-0.3, -0.25) is 4.79 Å². The Morgan fingerprint density at radius 3 is 2.02 bits per heavy atom. The summed E-state index contributed by atoms with van der Waals surface area (Å²) in [6, 6.07) is 8.87. The number of urea groups is 1. The summed E-state index contributed by atoms with van der Waals surface area (Å²) in [6.07, 6.45) is -9.78. The lowest BCUT2D eigenvalue weighted by Gasteiger charge is -2.23. The number of rotatable bonds is 7. The Balaban J connectivity index is 1.85. The van der Waals surface area contributed by atoms with Crippen molar-refractivity contribution in [2.24, 2.45) is 0 Å². The summed E-state index contributed by atoms with van der Waals surface area (Å²) in [4.78, 5) is 27.0. The van der Waals surface area contributed by atoms with Crippen LogP contribution in [0.4, 0.5) is 42.6 Å². The van der Waals surface area contributed by atoms with Crippen molar-refractivity contribution in [1.82, 2.24) is 14.7 Å². The normalized spacial score (nSPS) is 12.3. The number of carbonyl (C=O) groups excluding carboxylic acids is 2. The van der Waals surface area contributed by atoms with Crippen LogP contribution >= 0.6 is 0 Å². The van der Waals surface area contributed by atoms with E-state index in [-0.39, 0.29) is 18.0 Å². The Labute approximate surface area is 233 Å². The number of halogens is 6. The van der Waals surface area contributed by atoms with Gasteiger partial charge in [0.15, 0.2) is 0 Å². The molecule has 0 aliphatic carbocycles. The summed E-state index contributed by atoms with van der Waals surface area (Å²) >= 11 is 0. The van der Waals surface area contributed by atoms with E-state index in [4.69, 9.17) is 0 Å². The van der Waals surface area contributed by atoms with Crippen molar-refractivity contribution in [2.75, 3.05) is 23.7 Å². The highest BCUT2D eigenvalue weighted by Gasteiger charge is 2.37. The fourth-order valence-electron chi connectivity index (χ4n) is 3.90. The quantitative estimate of drug-likeness (QED) is 0.285. The highest BCUT2D eigenvalue weighted by molar-refractivity contribution is 5.97. The molecule has 0 atom stereocenters. The first kappa shape index (κ1) is 31.5. The molecule has 7 nitrogen and oxygen atoms in total. The Hall–Kier alpha value is -4.03. The average Bonchev–Trinajstić information content (AvgIpc) is 3.27. The summed E-state index contributed by atoms with van der Waals surface area (Å²) in [6.45, 7) is 8.95. The molecule has 0 aliphatic heterocycles. The van der Waals surface area contributed by atoms with Crippen LogP contribution in [0, 0.1) is 6.92 Å². The lowest BCUT2D eigenvalue weighted by Crippen LogP contribution is -2.41. The summed E-state index contributed by atoms with van der Waals surface area (Å²) in [5, 5.41) is 9.44. The average molecular weight is 584 g/mol. The summed E-state index contributed by atoms with van der Waals surface area (Å²) in [5.41, 5.74) is -1.87. The zero-order valence-electron chi connectivity index (χ0n) is 23.2. The van der Waals surface area contributed by atoms with Crippen LogP contribution in [-0.2, 0) is 22.6 Å². The van der Waals surface area contributed by atoms with Gasteiger partial charge in [0.1, 0.15) is 12.4 Å². The second kappa shape index (κ2) is 11.8. The zero-order valence-corrected chi connectivity index (χ0v) is 23.2. The second-order valence-corrected chi connectivity index (χ2v) is 10.6. The van der Waals surface area contributed by atoms with Gasteiger partial charge in [0.05, 0.1) is 22.5 Å². The summed E-state index contributed by atoms with van der Waals surface area (Å²) < 4.78 is 81.0. The SMILES string of the molecule is CCCN(CC(=O)Nc1cc(C(C)(C)C)nn1-c1cccc(C)c1)C(=O)Nc1cc(C(F)(F)F)cc(C(F)(F)F)c1. The van der Waals surface area contributed by atoms with Crippen molar-refractivity contribution < 1.29 is 35.9 Å². The predicted octanol–water partition coefficient (Wildman–Crippen LogP) is 7.40. The van der Waals surface area contributed by atoms with Crippen LogP contribution in [0.25, 0.3) is 5.69 Å². The molecule has 3 aromatic rings. The predicted molar refractivity (Wildman–Crippen MR) is 143 cm³/mol. The van der Waals surface area contributed by atoms with E-state index >= 15 is 0 Å². The largest absolute Gasteiger partial charge is 0.416 e. The fraction of sp³-hybridized carbons (Fsp3) is 0.393. The van der Waals surface area contributed by atoms with Crippen LogP contribution in [0.5, 0.6) is 0 Å². The van der Waals surface area contributed by atoms with Crippen molar-refractivity contribution in [3.05, 3.63) is 70.9 Å². The Bertz CT molecular complexity index is 1370. The maximum atomic E-state index is 13.2. The molecule has 222 valence electrons. The van der Waals surface area contributed by atoms with Gasteiger partial charge >= 0.3 is 18.4 Å². The lowest BCUT2D eigenvalue weighted by atomic mass is 9.92. The number of carbonyl (C=O) groups is 2. The first-order valence-electron chi connectivity index (χ1n) is 12.7. The van der Waals surface area contributed by atoms with Gasteiger partial charge in [-0.05, 0) is 49.2 Å². The molecular weight excluding hydrogens is 552 g/mol. The number of hydrogen-bond acceptors (Lipinski definition) is 3. The van der Waals surface area contributed by atoms with Crippen LogP contribution < -0.4 is 10.6 Å². The molecule has 0 radical (unpaired) electrons. The van der Waals surface area contributed by atoms with E-state index in [0.29, 0.717) is 35.8 Å². The van der Waals surface area contributed by atoms with Crippen LogP contribution in [0.15, 0.2) is 48.5 Å². The molecule has 0 aliphatic rings. The van der Waals surface area contributed by atoms with Gasteiger partial charge < -0.3 is 15.5 Å². The van der Waals surface area contributed by atoms with Crippen molar-refractivity contribution in [2.45, 2.75) is 58.8 Å². The van der Waals surface area contributed by atoms with Gasteiger partial charge in [-0.2, -0.15) is 31.4 Å². The molecule has 3 amide bonds. The number of nitrogens with zero attached hydrogens (tertiary/aromatic N) is 3. The van der Waals surface area contributed by atoms with E-state index in [9.17, 15) is 35.9 Å². The van der Waals surface area contributed by atoms with Gasteiger partial charge in [0.25, 0.3) is 0 Å².